The lowest BCUT2D eigenvalue weighted by Gasteiger charge is -2.24. The highest BCUT2D eigenvalue weighted by atomic mass is 16.5. The Kier molecular flexibility index (Phi) is 4.29. The monoisotopic (exact) mass is 324 g/mol. The van der Waals surface area contributed by atoms with Gasteiger partial charge in [0.15, 0.2) is 0 Å². The summed E-state index contributed by atoms with van der Waals surface area (Å²) in [5.41, 5.74) is 2.39. The first-order chi connectivity index (χ1) is 11.6. The minimum atomic E-state index is -0.632. The van der Waals surface area contributed by atoms with Crippen LogP contribution in [0.4, 0.5) is 5.69 Å². The van der Waals surface area contributed by atoms with Gasteiger partial charge in [-0.2, -0.15) is 0 Å². The molecule has 6 heteroatoms. The summed E-state index contributed by atoms with van der Waals surface area (Å²) < 4.78 is 4.62. The van der Waals surface area contributed by atoms with E-state index in [0.717, 1.165) is 5.56 Å². The maximum absolute atomic E-state index is 12.4. The minimum Gasteiger partial charge on any atom is -0.465 e. The number of nitrogens with one attached hydrogen (secondary N) is 2. The lowest BCUT2D eigenvalue weighted by atomic mass is 9.95. The number of carbonyl (C=O) groups is 3. The number of benzene rings is 2. The molecule has 0 aliphatic carbocycles. The third-order valence-corrected chi connectivity index (χ3v) is 3.88. The van der Waals surface area contributed by atoms with E-state index in [0.29, 0.717) is 23.2 Å². The molecule has 122 valence electrons. The van der Waals surface area contributed by atoms with Crippen molar-refractivity contribution in [3.63, 3.8) is 0 Å². The average molecular weight is 324 g/mol. The molecule has 1 unspecified atom stereocenters. The number of amides is 2. The molecule has 24 heavy (non-hydrogen) atoms. The van der Waals surface area contributed by atoms with Gasteiger partial charge in [-0.15, -0.1) is 0 Å². The largest absolute Gasteiger partial charge is 0.465 e. The van der Waals surface area contributed by atoms with Crippen LogP contribution in [-0.2, 0) is 16.0 Å². The predicted molar refractivity (Wildman–Crippen MR) is 87.8 cm³/mol. The van der Waals surface area contributed by atoms with E-state index in [1.165, 1.54) is 7.11 Å². The molecule has 2 aromatic carbocycles. The third kappa shape index (κ3) is 3.12. The molecule has 2 aromatic rings. The van der Waals surface area contributed by atoms with Gasteiger partial charge in [-0.05, 0) is 35.9 Å². The minimum absolute atomic E-state index is 0.252. The zero-order valence-corrected chi connectivity index (χ0v) is 13.0. The first kappa shape index (κ1) is 15.7. The molecule has 2 amide bonds. The summed E-state index contributed by atoms with van der Waals surface area (Å²) in [6.45, 7) is 0. The lowest BCUT2D eigenvalue weighted by Crippen LogP contribution is -2.48. The summed E-state index contributed by atoms with van der Waals surface area (Å²) in [4.78, 5) is 35.8. The number of carbonyl (C=O) groups excluding carboxylic acids is 3. The molecule has 1 aliphatic rings. The Hall–Kier alpha value is -3.15. The fraction of sp³-hybridized carbons (Fsp3) is 0.167. The zero-order valence-electron chi connectivity index (χ0n) is 13.0. The van der Waals surface area contributed by atoms with E-state index in [1.807, 2.05) is 12.1 Å². The standard InChI is InChI=1S/C18H16N2O4/c1-24-18(23)11-6-8-13(9-7-11)19-17(22)15-10-12-4-2-3-5-14(12)16(21)20-15/h2-9,15H,10H2,1H3,(H,19,22)(H,20,21). The van der Waals surface area contributed by atoms with Gasteiger partial charge in [0.2, 0.25) is 5.91 Å². The second kappa shape index (κ2) is 6.54. The maximum Gasteiger partial charge on any atom is 0.337 e. The van der Waals surface area contributed by atoms with E-state index in [1.54, 1.807) is 36.4 Å². The predicted octanol–water partition coefficient (Wildman–Crippen LogP) is 1.77. The van der Waals surface area contributed by atoms with Gasteiger partial charge < -0.3 is 15.4 Å². The molecule has 1 atom stereocenters. The first-order valence-electron chi connectivity index (χ1n) is 7.46. The Morgan fingerprint density at radius 2 is 1.83 bits per heavy atom. The van der Waals surface area contributed by atoms with Gasteiger partial charge in [-0.1, -0.05) is 18.2 Å². The third-order valence-electron chi connectivity index (χ3n) is 3.88. The number of hydrogen-bond acceptors (Lipinski definition) is 4. The van der Waals surface area contributed by atoms with Crippen LogP contribution in [0.25, 0.3) is 0 Å². The summed E-state index contributed by atoms with van der Waals surface area (Å²) >= 11 is 0. The van der Waals surface area contributed by atoms with Crippen molar-refractivity contribution in [3.05, 3.63) is 65.2 Å². The maximum atomic E-state index is 12.4. The van der Waals surface area contributed by atoms with Gasteiger partial charge in [0.25, 0.3) is 5.91 Å². The molecule has 0 radical (unpaired) electrons. The van der Waals surface area contributed by atoms with Crippen LogP contribution < -0.4 is 10.6 Å². The van der Waals surface area contributed by atoms with Crippen molar-refractivity contribution in [2.24, 2.45) is 0 Å². The molecule has 2 N–H and O–H groups in total. The Bertz CT molecular complexity index is 799. The van der Waals surface area contributed by atoms with Gasteiger partial charge in [0.05, 0.1) is 12.7 Å². The van der Waals surface area contributed by atoms with Crippen molar-refractivity contribution in [3.8, 4) is 0 Å². The Morgan fingerprint density at radius 1 is 1.12 bits per heavy atom. The van der Waals surface area contributed by atoms with Crippen molar-refractivity contribution in [1.29, 1.82) is 0 Å². The summed E-state index contributed by atoms with van der Waals surface area (Å²) in [6, 6.07) is 13.0. The summed E-state index contributed by atoms with van der Waals surface area (Å²) in [5, 5.41) is 5.45. The van der Waals surface area contributed by atoms with Crippen molar-refractivity contribution in [2.45, 2.75) is 12.5 Å². The van der Waals surface area contributed by atoms with E-state index < -0.39 is 12.0 Å². The highest BCUT2D eigenvalue weighted by Crippen LogP contribution is 2.18. The summed E-state index contributed by atoms with van der Waals surface area (Å²) in [5.74, 6) is -0.995. The van der Waals surface area contributed by atoms with Crippen LogP contribution >= 0.6 is 0 Å². The van der Waals surface area contributed by atoms with Crippen LogP contribution in [0.15, 0.2) is 48.5 Å². The van der Waals surface area contributed by atoms with Gasteiger partial charge in [-0.3, -0.25) is 9.59 Å². The molecule has 0 saturated carbocycles. The van der Waals surface area contributed by atoms with Crippen LogP contribution in [0.5, 0.6) is 0 Å². The van der Waals surface area contributed by atoms with Crippen molar-refractivity contribution >= 4 is 23.5 Å². The highest BCUT2D eigenvalue weighted by Gasteiger charge is 2.28. The number of hydrogen-bond donors (Lipinski definition) is 2. The topological polar surface area (TPSA) is 84.5 Å². The second-order valence-electron chi connectivity index (χ2n) is 5.45. The molecule has 3 rings (SSSR count). The van der Waals surface area contributed by atoms with E-state index >= 15 is 0 Å². The molecule has 6 nitrogen and oxygen atoms in total. The SMILES string of the molecule is COC(=O)c1ccc(NC(=O)C2Cc3ccccc3C(=O)N2)cc1. The van der Waals surface area contributed by atoms with Gasteiger partial charge >= 0.3 is 5.97 Å². The number of fused-ring (bicyclic) bond motifs is 1. The van der Waals surface area contributed by atoms with Gasteiger partial charge in [0.1, 0.15) is 6.04 Å². The number of anilines is 1. The van der Waals surface area contributed by atoms with Crippen LogP contribution in [-0.4, -0.2) is 30.9 Å². The van der Waals surface area contributed by atoms with Crippen molar-refractivity contribution in [1.82, 2.24) is 5.32 Å². The molecule has 1 heterocycles. The lowest BCUT2D eigenvalue weighted by molar-refractivity contribution is -0.118. The molecule has 0 aromatic heterocycles. The molecule has 0 bridgehead atoms. The Morgan fingerprint density at radius 3 is 2.54 bits per heavy atom. The molecular formula is C18H16N2O4. The molecule has 0 saturated heterocycles. The number of esters is 1. The Balaban J connectivity index is 1.70. The van der Waals surface area contributed by atoms with Crippen LogP contribution in [0.1, 0.15) is 26.3 Å². The summed E-state index contributed by atoms with van der Waals surface area (Å²) in [6.07, 6.45) is 0.438. The summed E-state index contributed by atoms with van der Waals surface area (Å²) in [7, 11) is 1.31. The molecular weight excluding hydrogens is 308 g/mol. The average Bonchev–Trinajstić information content (AvgIpc) is 2.61. The molecule has 0 spiro atoms. The van der Waals surface area contributed by atoms with Gasteiger partial charge in [-0.25, -0.2) is 4.79 Å². The normalized spacial score (nSPS) is 15.9. The number of methoxy groups -OCH3 is 1. The van der Waals surface area contributed by atoms with Crippen molar-refractivity contribution in [2.75, 3.05) is 12.4 Å². The fourth-order valence-electron chi connectivity index (χ4n) is 2.62. The van der Waals surface area contributed by atoms with E-state index in [2.05, 4.69) is 15.4 Å². The van der Waals surface area contributed by atoms with E-state index in [-0.39, 0.29) is 11.8 Å². The van der Waals surface area contributed by atoms with E-state index in [9.17, 15) is 14.4 Å². The van der Waals surface area contributed by atoms with Crippen LogP contribution in [0.3, 0.4) is 0 Å². The van der Waals surface area contributed by atoms with Gasteiger partial charge in [0, 0.05) is 17.7 Å². The smallest absolute Gasteiger partial charge is 0.337 e. The quantitative estimate of drug-likeness (QED) is 0.843. The highest BCUT2D eigenvalue weighted by molar-refractivity contribution is 6.04. The molecule has 0 fully saturated rings. The van der Waals surface area contributed by atoms with Crippen molar-refractivity contribution < 1.29 is 19.1 Å². The van der Waals surface area contributed by atoms with Crippen LogP contribution in [0.2, 0.25) is 0 Å². The zero-order chi connectivity index (χ0) is 17.1. The fourth-order valence-corrected chi connectivity index (χ4v) is 2.62. The number of ether oxygens (including phenoxy) is 1. The van der Waals surface area contributed by atoms with E-state index in [4.69, 9.17) is 0 Å². The van der Waals surface area contributed by atoms with Crippen LogP contribution in [0, 0.1) is 0 Å². The second-order valence-corrected chi connectivity index (χ2v) is 5.45. The number of rotatable bonds is 3. The molecule has 1 aliphatic heterocycles. The first-order valence-corrected chi connectivity index (χ1v) is 7.46. The Labute approximate surface area is 138 Å².